The van der Waals surface area contributed by atoms with Gasteiger partial charge in [-0.25, -0.2) is 0 Å². The predicted molar refractivity (Wildman–Crippen MR) is 95.2 cm³/mol. The summed E-state index contributed by atoms with van der Waals surface area (Å²) in [6, 6.07) is 10.3. The Labute approximate surface area is 141 Å². The maximum atomic E-state index is 12.7. The minimum atomic E-state index is -0.109. The molecule has 2 nitrogen and oxygen atoms in total. The van der Waals surface area contributed by atoms with Crippen LogP contribution in [0.15, 0.2) is 30.3 Å². The molecule has 128 valence electrons. The predicted octanol–water partition coefficient (Wildman–Crippen LogP) is 5.43. The topological polar surface area (TPSA) is 26.3 Å². The van der Waals surface area contributed by atoms with Crippen molar-refractivity contribution in [2.24, 2.45) is 23.7 Å². The molecule has 2 rings (SSSR count). The van der Waals surface area contributed by atoms with Gasteiger partial charge in [0.05, 0.1) is 5.92 Å². The number of esters is 1. The maximum Gasteiger partial charge on any atom is 0.309 e. The molecule has 0 heterocycles. The number of carbonyl (C=O) groups excluding carboxylic acids is 1. The molecule has 0 aromatic heterocycles. The Morgan fingerprint density at radius 3 is 2.35 bits per heavy atom. The summed E-state index contributed by atoms with van der Waals surface area (Å²) < 4.78 is 6.00. The number of benzene rings is 1. The molecule has 23 heavy (non-hydrogen) atoms. The molecule has 0 radical (unpaired) electrons. The van der Waals surface area contributed by atoms with Crippen LogP contribution in [0.5, 0.6) is 0 Å². The number of rotatable bonds is 5. The van der Waals surface area contributed by atoms with Crippen molar-refractivity contribution in [1.29, 1.82) is 0 Å². The average Bonchev–Trinajstić information content (AvgIpc) is 2.54. The third-order valence-corrected chi connectivity index (χ3v) is 5.68. The molecular formula is C21H32O2. The van der Waals surface area contributed by atoms with Crippen LogP contribution in [-0.2, 0) is 9.53 Å². The van der Waals surface area contributed by atoms with Crippen LogP contribution in [0.2, 0.25) is 0 Å². The summed E-state index contributed by atoms with van der Waals surface area (Å²) in [5.74, 6) is 1.77. The van der Waals surface area contributed by atoms with Crippen molar-refractivity contribution in [3.63, 3.8) is 0 Å². The second-order valence-electron chi connectivity index (χ2n) is 7.79. The minimum absolute atomic E-state index is 0.0360. The second-order valence-corrected chi connectivity index (χ2v) is 7.79. The zero-order chi connectivity index (χ0) is 17.0. The molecule has 1 aliphatic carbocycles. The van der Waals surface area contributed by atoms with Crippen molar-refractivity contribution >= 4 is 5.97 Å². The number of carbonyl (C=O) groups is 1. The highest BCUT2D eigenvalue weighted by Crippen LogP contribution is 2.36. The molecule has 5 atom stereocenters. The van der Waals surface area contributed by atoms with Crippen molar-refractivity contribution in [2.45, 2.75) is 65.9 Å². The summed E-state index contributed by atoms with van der Waals surface area (Å²) in [6.07, 6.45) is 3.55. The van der Waals surface area contributed by atoms with Crippen LogP contribution in [0.4, 0.5) is 0 Å². The fourth-order valence-corrected chi connectivity index (χ4v) is 3.76. The van der Waals surface area contributed by atoms with Gasteiger partial charge in [-0.05, 0) is 42.1 Å². The van der Waals surface area contributed by atoms with Gasteiger partial charge in [0.15, 0.2) is 0 Å². The van der Waals surface area contributed by atoms with Crippen molar-refractivity contribution in [2.75, 3.05) is 0 Å². The van der Waals surface area contributed by atoms with E-state index in [1.807, 2.05) is 25.1 Å². The van der Waals surface area contributed by atoms with Crippen LogP contribution >= 0.6 is 0 Å². The Balaban J connectivity index is 2.01. The summed E-state index contributed by atoms with van der Waals surface area (Å²) in [5.41, 5.74) is 1.20. The molecule has 0 spiro atoms. The van der Waals surface area contributed by atoms with Crippen LogP contribution in [0.1, 0.15) is 65.4 Å². The zero-order valence-corrected chi connectivity index (χ0v) is 15.3. The lowest BCUT2D eigenvalue weighted by Crippen LogP contribution is -2.37. The first-order valence-corrected chi connectivity index (χ1v) is 9.15. The Hall–Kier alpha value is -1.31. The van der Waals surface area contributed by atoms with Crippen LogP contribution in [0.3, 0.4) is 0 Å². The third kappa shape index (κ3) is 4.59. The van der Waals surface area contributed by atoms with Gasteiger partial charge in [-0.3, -0.25) is 4.79 Å². The summed E-state index contributed by atoms with van der Waals surface area (Å²) >= 11 is 0. The van der Waals surface area contributed by atoms with Gasteiger partial charge in [-0.15, -0.1) is 0 Å². The lowest BCUT2D eigenvalue weighted by atomic mass is 9.75. The van der Waals surface area contributed by atoms with Gasteiger partial charge in [-0.1, -0.05) is 71.4 Å². The number of ether oxygens (including phenoxy) is 1. The number of hydrogen-bond donors (Lipinski definition) is 0. The molecular weight excluding hydrogens is 284 g/mol. The van der Waals surface area contributed by atoms with E-state index < -0.39 is 0 Å². The van der Waals surface area contributed by atoms with E-state index in [0.717, 1.165) is 6.42 Å². The first kappa shape index (κ1) is 18.0. The summed E-state index contributed by atoms with van der Waals surface area (Å²) in [5, 5.41) is 0. The van der Waals surface area contributed by atoms with Crippen LogP contribution in [-0.4, -0.2) is 12.1 Å². The van der Waals surface area contributed by atoms with E-state index in [0.29, 0.717) is 17.8 Å². The van der Waals surface area contributed by atoms with E-state index in [1.54, 1.807) is 0 Å². The van der Waals surface area contributed by atoms with Gasteiger partial charge >= 0.3 is 5.97 Å². The summed E-state index contributed by atoms with van der Waals surface area (Å²) in [6.45, 7) is 10.9. The molecule has 0 aliphatic heterocycles. The summed E-state index contributed by atoms with van der Waals surface area (Å²) in [4.78, 5) is 12.7. The van der Waals surface area contributed by atoms with Crippen molar-refractivity contribution in [3.8, 4) is 0 Å². The SMILES string of the molecule is CC1CCC(C(C)C)C(OC(=O)C(C)C(C)c2ccccc2)C1. The fourth-order valence-electron chi connectivity index (χ4n) is 3.76. The van der Waals surface area contributed by atoms with Crippen LogP contribution < -0.4 is 0 Å². The molecule has 5 unspecified atom stereocenters. The smallest absolute Gasteiger partial charge is 0.309 e. The largest absolute Gasteiger partial charge is 0.462 e. The normalized spacial score (nSPS) is 27.5. The van der Waals surface area contributed by atoms with Gasteiger partial charge in [-0.2, -0.15) is 0 Å². The standard InChI is InChI=1S/C21H32O2/c1-14(2)19-12-11-15(3)13-20(19)23-21(22)17(5)16(4)18-9-7-6-8-10-18/h6-10,14-17,19-20H,11-13H2,1-5H3. The minimum Gasteiger partial charge on any atom is -0.462 e. The van der Waals surface area contributed by atoms with Crippen molar-refractivity contribution in [3.05, 3.63) is 35.9 Å². The monoisotopic (exact) mass is 316 g/mol. The molecule has 1 saturated carbocycles. The highest BCUT2D eigenvalue weighted by molar-refractivity contribution is 5.73. The molecule has 1 aromatic rings. The van der Waals surface area contributed by atoms with Gasteiger partial charge < -0.3 is 4.74 Å². The first-order chi connectivity index (χ1) is 10.9. The molecule has 2 heteroatoms. The third-order valence-electron chi connectivity index (χ3n) is 5.68. The lowest BCUT2D eigenvalue weighted by Gasteiger charge is -2.37. The van der Waals surface area contributed by atoms with Gasteiger partial charge in [0.25, 0.3) is 0 Å². The molecule has 0 saturated heterocycles. The van der Waals surface area contributed by atoms with Gasteiger partial charge in [0.2, 0.25) is 0 Å². The van der Waals surface area contributed by atoms with Crippen molar-refractivity contribution < 1.29 is 9.53 Å². The Bertz CT molecular complexity index is 494. The Kier molecular flexibility index (Phi) is 6.26. The second kappa shape index (κ2) is 7.99. The molecule has 0 amide bonds. The van der Waals surface area contributed by atoms with E-state index in [-0.39, 0.29) is 23.9 Å². The average molecular weight is 316 g/mol. The quantitative estimate of drug-likeness (QED) is 0.677. The fraction of sp³-hybridized carbons (Fsp3) is 0.667. The van der Waals surface area contributed by atoms with E-state index in [9.17, 15) is 4.79 Å². The number of hydrogen-bond acceptors (Lipinski definition) is 2. The molecule has 1 aliphatic rings. The highest BCUT2D eigenvalue weighted by atomic mass is 16.5. The van der Waals surface area contributed by atoms with E-state index >= 15 is 0 Å². The molecule has 0 bridgehead atoms. The van der Waals surface area contributed by atoms with E-state index in [2.05, 4.69) is 39.8 Å². The van der Waals surface area contributed by atoms with E-state index in [4.69, 9.17) is 4.74 Å². The molecule has 1 fully saturated rings. The highest BCUT2D eigenvalue weighted by Gasteiger charge is 2.35. The Morgan fingerprint density at radius 1 is 1.09 bits per heavy atom. The van der Waals surface area contributed by atoms with E-state index in [1.165, 1.54) is 18.4 Å². The van der Waals surface area contributed by atoms with Crippen LogP contribution in [0, 0.1) is 23.7 Å². The van der Waals surface area contributed by atoms with Crippen molar-refractivity contribution in [1.82, 2.24) is 0 Å². The lowest BCUT2D eigenvalue weighted by molar-refractivity contribution is -0.161. The van der Waals surface area contributed by atoms with Crippen LogP contribution in [0.25, 0.3) is 0 Å². The summed E-state index contributed by atoms with van der Waals surface area (Å²) in [7, 11) is 0. The van der Waals surface area contributed by atoms with Gasteiger partial charge in [0, 0.05) is 0 Å². The first-order valence-electron chi connectivity index (χ1n) is 9.15. The zero-order valence-electron chi connectivity index (χ0n) is 15.3. The Morgan fingerprint density at radius 2 is 1.74 bits per heavy atom. The van der Waals surface area contributed by atoms with Gasteiger partial charge in [0.1, 0.15) is 6.10 Å². The molecule has 1 aromatic carbocycles. The molecule has 0 N–H and O–H groups in total. The maximum absolute atomic E-state index is 12.7.